The third-order valence-electron chi connectivity index (χ3n) is 4.43. The first-order valence-electron chi connectivity index (χ1n) is 9.47. The number of allylic oxidation sites excluding steroid dienone is 1. The van der Waals surface area contributed by atoms with Crippen LogP contribution in [0.2, 0.25) is 0 Å². The maximum Gasteiger partial charge on any atom is 0.119 e. The maximum atomic E-state index is 10.4. The third-order valence-corrected chi connectivity index (χ3v) is 4.43. The number of aliphatic hydroxyl groups is 1. The predicted molar refractivity (Wildman–Crippen MR) is 112 cm³/mol. The predicted octanol–water partition coefficient (Wildman–Crippen LogP) is 5.84. The van der Waals surface area contributed by atoms with Crippen molar-refractivity contribution < 1.29 is 9.84 Å². The van der Waals surface area contributed by atoms with Crippen LogP contribution in [0.3, 0.4) is 0 Å². The van der Waals surface area contributed by atoms with Gasteiger partial charge in [-0.2, -0.15) is 0 Å². The SMILES string of the molecule is OC(Cc1ccccc1)c1ccc(/C=C/CCCOc2ccccc2)cc1. The van der Waals surface area contributed by atoms with E-state index in [1.54, 1.807) is 0 Å². The van der Waals surface area contributed by atoms with Gasteiger partial charge in [0.05, 0.1) is 12.7 Å². The Bertz CT molecular complexity index is 808. The average molecular weight is 358 g/mol. The summed E-state index contributed by atoms with van der Waals surface area (Å²) in [5, 5.41) is 10.4. The first kappa shape index (κ1) is 18.9. The van der Waals surface area contributed by atoms with Crippen LogP contribution < -0.4 is 4.74 Å². The highest BCUT2D eigenvalue weighted by molar-refractivity contribution is 5.49. The summed E-state index contributed by atoms with van der Waals surface area (Å²) in [5.74, 6) is 0.922. The van der Waals surface area contributed by atoms with E-state index < -0.39 is 6.10 Å². The zero-order chi connectivity index (χ0) is 18.7. The van der Waals surface area contributed by atoms with Gasteiger partial charge in [-0.1, -0.05) is 84.9 Å². The van der Waals surface area contributed by atoms with Gasteiger partial charge in [-0.25, -0.2) is 0 Å². The second kappa shape index (κ2) is 10.3. The highest BCUT2D eigenvalue weighted by Gasteiger charge is 2.07. The Hall–Kier alpha value is -2.84. The summed E-state index contributed by atoms with van der Waals surface area (Å²) in [5.41, 5.74) is 3.24. The quantitative estimate of drug-likeness (QED) is 0.487. The van der Waals surface area contributed by atoms with Gasteiger partial charge in [0.1, 0.15) is 5.75 Å². The number of ether oxygens (including phenoxy) is 1. The molecule has 1 N–H and O–H groups in total. The van der Waals surface area contributed by atoms with E-state index in [2.05, 4.69) is 24.3 Å². The maximum absolute atomic E-state index is 10.4. The summed E-state index contributed by atoms with van der Waals surface area (Å²) in [7, 11) is 0. The fourth-order valence-corrected chi connectivity index (χ4v) is 2.91. The van der Waals surface area contributed by atoms with Crippen molar-refractivity contribution in [3.05, 3.63) is 108 Å². The van der Waals surface area contributed by atoms with Gasteiger partial charge in [-0.15, -0.1) is 0 Å². The molecule has 2 nitrogen and oxygen atoms in total. The summed E-state index contributed by atoms with van der Waals surface area (Å²) in [4.78, 5) is 0. The van der Waals surface area contributed by atoms with E-state index in [-0.39, 0.29) is 0 Å². The molecule has 1 atom stereocenters. The Morgan fingerprint density at radius 1 is 0.815 bits per heavy atom. The van der Waals surface area contributed by atoms with E-state index in [1.165, 1.54) is 0 Å². The molecule has 0 fully saturated rings. The van der Waals surface area contributed by atoms with Gasteiger partial charge in [0.25, 0.3) is 0 Å². The molecule has 0 aliphatic rings. The fraction of sp³-hybridized carbons (Fsp3) is 0.200. The number of hydrogen-bond donors (Lipinski definition) is 1. The van der Waals surface area contributed by atoms with Crippen molar-refractivity contribution in [3.8, 4) is 5.75 Å². The molecule has 0 aliphatic carbocycles. The smallest absolute Gasteiger partial charge is 0.119 e. The molecule has 1 unspecified atom stereocenters. The number of hydrogen-bond acceptors (Lipinski definition) is 2. The van der Waals surface area contributed by atoms with Crippen LogP contribution in [0.25, 0.3) is 6.08 Å². The summed E-state index contributed by atoms with van der Waals surface area (Å²) >= 11 is 0. The molecule has 2 heteroatoms. The van der Waals surface area contributed by atoms with Gasteiger partial charge >= 0.3 is 0 Å². The van der Waals surface area contributed by atoms with E-state index in [0.717, 1.165) is 41.9 Å². The molecule has 3 rings (SSSR count). The molecule has 0 amide bonds. The average Bonchev–Trinajstić information content (AvgIpc) is 2.72. The van der Waals surface area contributed by atoms with Crippen molar-refractivity contribution in [2.24, 2.45) is 0 Å². The van der Waals surface area contributed by atoms with E-state index in [1.807, 2.05) is 72.8 Å². The van der Waals surface area contributed by atoms with Crippen LogP contribution in [0.5, 0.6) is 5.75 Å². The summed E-state index contributed by atoms with van der Waals surface area (Å²) < 4.78 is 5.69. The van der Waals surface area contributed by atoms with E-state index in [4.69, 9.17) is 4.74 Å². The van der Waals surface area contributed by atoms with Crippen molar-refractivity contribution >= 4 is 6.08 Å². The lowest BCUT2D eigenvalue weighted by Crippen LogP contribution is -2.01. The number of unbranched alkanes of at least 4 members (excludes halogenated alkanes) is 1. The number of aliphatic hydroxyl groups excluding tert-OH is 1. The van der Waals surface area contributed by atoms with E-state index >= 15 is 0 Å². The van der Waals surface area contributed by atoms with Crippen LogP contribution in [0, 0.1) is 0 Å². The number of para-hydroxylation sites is 1. The molecule has 0 spiro atoms. The van der Waals surface area contributed by atoms with Gasteiger partial charge in [-0.3, -0.25) is 0 Å². The van der Waals surface area contributed by atoms with Crippen LogP contribution in [-0.4, -0.2) is 11.7 Å². The Kier molecular flexibility index (Phi) is 7.25. The van der Waals surface area contributed by atoms with Gasteiger partial charge in [-0.05, 0) is 41.7 Å². The van der Waals surface area contributed by atoms with Crippen LogP contribution in [0.4, 0.5) is 0 Å². The van der Waals surface area contributed by atoms with E-state index in [0.29, 0.717) is 6.42 Å². The van der Waals surface area contributed by atoms with Crippen molar-refractivity contribution in [2.75, 3.05) is 6.61 Å². The second-order valence-electron chi connectivity index (χ2n) is 6.58. The van der Waals surface area contributed by atoms with Crippen LogP contribution in [0.15, 0.2) is 91.0 Å². The molecule has 27 heavy (non-hydrogen) atoms. The molecule has 0 aliphatic heterocycles. The van der Waals surface area contributed by atoms with E-state index in [9.17, 15) is 5.11 Å². The normalized spacial score (nSPS) is 12.2. The monoisotopic (exact) mass is 358 g/mol. The highest BCUT2D eigenvalue weighted by atomic mass is 16.5. The Morgan fingerprint density at radius 3 is 2.19 bits per heavy atom. The minimum absolute atomic E-state index is 0.472. The molecule has 0 aromatic heterocycles. The Labute approximate surface area is 161 Å². The van der Waals surface area contributed by atoms with Crippen molar-refractivity contribution in [1.29, 1.82) is 0 Å². The highest BCUT2D eigenvalue weighted by Crippen LogP contribution is 2.19. The van der Waals surface area contributed by atoms with Crippen molar-refractivity contribution in [2.45, 2.75) is 25.4 Å². The zero-order valence-electron chi connectivity index (χ0n) is 15.5. The molecular weight excluding hydrogens is 332 g/mol. The summed E-state index contributed by atoms with van der Waals surface area (Å²) in [6.45, 7) is 0.721. The largest absolute Gasteiger partial charge is 0.494 e. The van der Waals surface area contributed by atoms with Crippen LogP contribution in [0.1, 0.15) is 35.6 Å². The van der Waals surface area contributed by atoms with Crippen molar-refractivity contribution in [1.82, 2.24) is 0 Å². The lowest BCUT2D eigenvalue weighted by Gasteiger charge is -2.11. The second-order valence-corrected chi connectivity index (χ2v) is 6.58. The number of benzene rings is 3. The number of rotatable bonds is 9. The van der Waals surface area contributed by atoms with Crippen molar-refractivity contribution in [3.63, 3.8) is 0 Å². The summed E-state index contributed by atoms with van der Waals surface area (Å²) in [6, 6.07) is 28.1. The first-order chi connectivity index (χ1) is 13.3. The third kappa shape index (κ3) is 6.43. The van der Waals surface area contributed by atoms with Gasteiger partial charge < -0.3 is 9.84 Å². The topological polar surface area (TPSA) is 29.5 Å². The van der Waals surface area contributed by atoms with Crippen LogP contribution in [-0.2, 0) is 6.42 Å². The van der Waals surface area contributed by atoms with Gasteiger partial charge in [0, 0.05) is 6.42 Å². The molecular formula is C25H26O2. The molecule has 0 bridgehead atoms. The van der Waals surface area contributed by atoms with Gasteiger partial charge in [0.2, 0.25) is 0 Å². The summed E-state index contributed by atoms with van der Waals surface area (Å²) in [6.07, 6.45) is 6.42. The Morgan fingerprint density at radius 2 is 1.48 bits per heavy atom. The molecule has 0 saturated heterocycles. The lowest BCUT2D eigenvalue weighted by molar-refractivity contribution is 0.178. The molecule has 0 heterocycles. The molecule has 3 aromatic rings. The molecule has 3 aromatic carbocycles. The molecule has 0 saturated carbocycles. The standard InChI is InChI=1S/C25H26O2/c26-25(20-22-11-4-1-5-12-22)23-17-15-21(16-18-23)10-6-3-9-19-27-24-13-7-2-8-14-24/h1-2,4-8,10-18,25-26H,3,9,19-20H2/b10-6+. The van der Waals surface area contributed by atoms with Gasteiger partial charge in [0.15, 0.2) is 0 Å². The molecule has 0 radical (unpaired) electrons. The van der Waals surface area contributed by atoms with Crippen LogP contribution >= 0.6 is 0 Å². The zero-order valence-corrected chi connectivity index (χ0v) is 15.5. The first-order valence-corrected chi connectivity index (χ1v) is 9.47. The molecule has 138 valence electrons. The minimum Gasteiger partial charge on any atom is -0.494 e. The Balaban J connectivity index is 1.41. The minimum atomic E-state index is -0.472. The lowest BCUT2D eigenvalue weighted by atomic mass is 10.0. The fourth-order valence-electron chi connectivity index (χ4n) is 2.91.